The first-order valence-corrected chi connectivity index (χ1v) is 15.6. The summed E-state index contributed by atoms with van der Waals surface area (Å²) in [5.74, 6) is 0.680. The van der Waals surface area contributed by atoms with E-state index in [0.29, 0.717) is 29.1 Å². The summed E-state index contributed by atoms with van der Waals surface area (Å²) in [6.45, 7) is 8.69. The summed E-state index contributed by atoms with van der Waals surface area (Å²) in [4.78, 5) is 33.8. The Morgan fingerprint density at radius 3 is 2.21 bits per heavy atom. The number of urea groups is 1. The molecule has 0 atom stereocenters. The van der Waals surface area contributed by atoms with Crippen molar-refractivity contribution in [2.45, 2.75) is 59.8 Å². The zero-order chi connectivity index (χ0) is 33.7. The van der Waals surface area contributed by atoms with Crippen molar-refractivity contribution in [3.8, 4) is 0 Å². The maximum Gasteiger partial charge on any atom is 0.416 e. The van der Waals surface area contributed by atoms with Crippen LogP contribution in [0.2, 0.25) is 5.15 Å². The van der Waals surface area contributed by atoms with Crippen LogP contribution in [-0.2, 0) is 12.6 Å². The van der Waals surface area contributed by atoms with Crippen LogP contribution in [0.1, 0.15) is 57.6 Å². The second-order valence-corrected chi connectivity index (χ2v) is 12.2. The quantitative estimate of drug-likeness (QED) is 0.134. The van der Waals surface area contributed by atoms with Crippen molar-refractivity contribution < 1.29 is 18.0 Å². The molecule has 2 amide bonds. The third kappa shape index (κ3) is 8.51. The number of benzene rings is 1. The monoisotopic (exact) mass is 702 g/mol. The molecule has 6 aromatic rings. The van der Waals surface area contributed by atoms with Gasteiger partial charge >= 0.3 is 12.2 Å². The molecule has 1 aromatic carbocycles. The average molecular weight is 703 g/mol. The van der Waals surface area contributed by atoms with Crippen LogP contribution >= 0.6 is 22.9 Å². The number of hydrogen-bond donors (Lipinski definition) is 3. The molecule has 6 rings (SSSR count). The van der Waals surface area contributed by atoms with Gasteiger partial charge in [-0.1, -0.05) is 25.1 Å². The molecule has 13 nitrogen and oxygen atoms in total. The van der Waals surface area contributed by atoms with Gasteiger partial charge in [0.25, 0.3) is 0 Å². The number of halogens is 4. The van der Waals surface area contributed by atoms with Crippen LogP contribution in [0, 0.1) is 0 Å². The molecular formula is C30H34ClF3N12OS. The predicted molar refractivity (Wildman–Crippen MR) is 182 cm³/mol. The van der Waals surface area contributed by atoms with Gasteiger partial charge in [-0.2, -0.15) is 23.4 Å². The smallest absolute Gasteiger partial charge is 0.368 e. The van der Waals surface area contributed by atoms with Crippen molar-refractivity contribution in [1.29, 1.82) is 0 Å². The van der Waals surface area contributed by atoms with E-state index < -0.39 is 17.8 Å². The largest absolute Gasteiger partial charge is 0.416 e. The molecule has 0 aliphatic carbocycles. The minimum Gasteiger partial charge on any atom is -0.368 e. The number of alkyl halides is 3. The molecule has 0 aliphatic rings. The van der Waals surface area contributed by atoms with Crippen molar-refractivity contribution >= 4 is 67.7 Å². The fourth-order valence-electron chi connectivity index (χ4n) is 4.47. The van der Waals surface area contributed by atoms with Gasteiger partial charge in [-0.05, 0) is 45.9 Å². The maximum absolute atomic E-state index is 12.8. The minimum atomic E-state index is -4.49. The molecular weight excluding hydrogens is 669 g/mol. The van der Waals surface area contributed by atoms with E-state index in [4.69, 9.17) is 11.6 Å². The van der Waals surface area contributed by atoms with Crippen LogP contribution in [0.5, 0.6) is 0 Å². The van der Waals surface area contributed by atoms with Crippen molar-refractivity contribution in [2.24, 2.45) is 0 Å². The molecule has 0 saturated heterocycles. The van der Waals surface area contributed by atoms with Gasteiger partial charge in [0.2, 0.25) is 0 Å². The fraction of sp³-hybridized carbons (Fsp3) is 0.333. The maximum atomic E-state index is 12.8. The van der Waals surface area contributed by atoms with E-state index in [1.807, 2.05) is 37.1 Å². The average Bonchev–Trinajstić information content (AvgIpc) is 3.76. The molecule has 3 N–H and O–H groups in total. The van der Waals surface area contributed by atoms with Crippen LogP contribution in [0.25, 0.3) is 22.1 Å². The van der Waals surface area contributed by atoms with Gasteiger partial charge in [-0.3, -0.25) is 14.7 Å². The lowest BCUT2D eigenvalue weighted by Crippen LogP contribution is -2.19. The topological polar surface area (TPSA) is 153 Å². The molecule has 0 saturated carbocycles. The van der Waals surface area contributed by atoms with Crippen molar-refractivity contribution in [3.63, 3.8) is 0 Å². The zero-order valence-electron chi connectivity index (χ0n) is 25.6. The van der Waals surface area contributed by atoms with Gasteiger partial charge < -0.3 is 10.6 Å². The van der Waals surface area contributed by atoms with Crippen LogP contribution < -0.4 is 16.0 Å². The highest BCUT2D eigenvalue weighted by Crippen LogP contribution is 2.31. The van der Waals surface area contributed by atoms with Crippen molar-refractivity contribution in [2.75, 3.05) is 22.5 Å². The Bertz CT molecular complexity index is 1990. The summed E-state index contributed by atoms with van der Waals surface area (Å²) in [7, 11) is 0. The molecule has 0 spiro atoms. The third-order valence-electron chi connectivity index (χ3n) is 6.59. The lowest BCUT2D eigenvalue weighted by molar-refractivity contribution is -0.137. The Balaban J connectivity index is 0.000000310. The van der Waals surface area contributed by atoms with E-state index >= 15 is 0 Å². The van der Waals surface area contributed by atoms with E-state index in [9.17, 15) is 18.0 Å². The molecule has 0 bridgehead atoms. The number of hydrogen-bond acceptors (Lipinski definition) is 10. The normalized spacial score (nSPS) is 11.4. The summed E-state index contributed by atoms with van der Waals surface area (Å²) >= 11 is 7.21. The number of nitrogens with one attached hydrogen (secondary N) is 3. The molecule has 0 unspecified atom stereocenters. The number of carbonyl (C=O) groups excluding carboxylic acids is 1. The summed E-state index contributed by atoms with van der Waals surface area (Å²) in [6.07, 6.45) is 4.09. The van der Waals surface area contributed by atoms with Crippen molar-refractivity contribution in [3.05, 3.63) is 71.1 Å². The number of nitrogens with zero attached hydrogens (tertiary/aromatic N) is 9. The first kappa shape index (κ1) is 35.9. The highest BCUT2D eigenvalue weighted by molar-refractivity contribution is 7.15. The molecule has 48 heavy (non-hydrogen) atoms. The Labute approximate surface area is 283 Å². The van der Waals surface area contributed by atoms with Gasteiger partial charge in [0.15, 0.2) is 16.1 Å². The standard InChI is InChI=1S/C21H21F3N8OS.C8H9ClN4.CH4/c1-12(2)32-17-16(10-29-32)27-11-28-18(17)25-7-6-15-9-26-20(34-15)31-19(33)30-14-5-3-4-13(8-14)21(22,23)24;1-5(2)13-7-6(3-12-13)10-4-11-8(7)9;/h3-5,8-12H,6-7H2,1-2H3,(H,25,27,28)(H2,26,30,31,33);3-5H,1-2H3;1H4. The molecule has 254 valence electrons. The van der Waals surface area contributed by atoms with Crippen molar-refractivity contribution in [1.82, 2.24) is 44.5 Å². The number of anilines is 3. The van der Waals surface area contributed by atoms with Gasteiger partial charge in [0.05, 0.1) is 18.0 Å². The number of amides is 2. The summed E-state index contributed by atoms with van der Waals surface area (Å²) in [6, 6.07) is 4.16. The number of rotatable bonds is 8. The van der Waals surface area contributed by atoms with Gasteiger partial charge in [0, 0.05) is 41.8 Å². The lowest BCUT2D eigenvalue weighted by atomic mass is 10.2. The number of thiazole rings is 1. The molecule has 5 heterocycles. The second kappa shape index (κ2) is 15.3. The summed E-state index contributed by atoms with van der Waals surface area (Å²) < 4.78 is 42.2. The Morgan fingerprint density at radius 2 is 1.54 bits per heavy atom. The van der Waals surface area contributed by atoms with Crippen LogP contribution in [0.3, 0.4) is 0 Å². The van der Waals surface area contributed by atoms with Crippen LogP contribution in [0.15, 0.2) is 55.5 Å². The number of aromatic nitrogens is 9. The highest BCUT2D eigenvalue weighted by atomic mass is 35.5. The van der Waals surface area contributed by atoms with Crippen LogP contribution in [-0.4, -0.2) is 57.1 Å². The molecule has 18 heteroatoms. The van der Waals surface area contributed by atoms with E-state index in [-0.39, 0.29) is 25.2 Å². The predicted octanol–water partition coefficient (Wildman–Crippen LogP) is 7.88. The summed E-state index contributed by atoms with van der Waals surface area (Å²) in [5, 5.41) is 17.6. The van der Waals surface area contributed by atoms with E-state index in [1.165, 1.54) is 36.1 Å². The van der Waals surface area contributed by atoms with Gasteiger partial charge in [-0.15, -0.1) is 11.3 Å². The Morgan fingerprint density at radius 1 is 0.896 bits per heavy atom. The summed E-state index contributed by atoms with van der Waals surface area (Å²) in [5.41, 5.74) is 2.36. The first-order chi connectivity index (χ1) is 22.4. The molecule has 5 aromatic heterocycles. The van der Waals surface area contributed by atoms with Gasteiger partial charge in [-0.25, -0.2) is 29.7 Å². The minimum absolute atomic E-state index is 0. The molecule has 0 aliphatic heterocycles. The van der Waals surface area contributed by atoms with E-state index in [2.05, 4.69) is 51.1 Å². The fourth-order valence-corrected chi connectivity index (χ4v) is 5.50. The van der Waals surface area contributed by atoms with Crippen LogP contribution in [0.4, 0.5) is 34.6 Å². The number of carbonyl (C=O) groups is 1. The zero-order valence-corrected chi connectivity index (χ0v) is 27.2. The van der Waals surface area contributed by atoms with E-state index in [1.54, 1.807) is 18.6 Å². The highest BCUT2D eigenvalue weighted by Gasteiger charge is 2.30. The Kier molecular flexibility index (Phi) is 11.5. The van der Waals surface area contributed by atoms with E-state index in [0.717, 1.165) is 39.1 Å². The number of fused-ring (bicyclic) bond motifs is 2. The second-order valence-electron chi connectivity index (χ2n) is 10.7. The first-order valence-electron chi connectivity index (χ1n) is 14.4. The molecule has 0 radical (unpaired) electrons. The Hall–Kier alpha value is -4.90. The lowest BCUT2D eigenvalue weighted by Gasteiger charge is -2.11. The SMILES string of the molecule is C.CC(C)n1ncc2ncnc(Cl)c21.CC(C)n1ncc2ncnc(NCCc3cnc(NC(=O)Nc4cccc(C(F)(F)F)c4)s3)c21. The van der Waals surface area contributed by atoms with Gasteiger partial charge in [0.1, 0.15) is 34.7 Å². The molecule has 0 fully saturated rings. The third-order valence-corrected chi connectivity index (χ3v) is 7.84.